The number of hydrogen-bond acceptors (Lipinski definition) is 6. The number of hydrogen-bond donors (Lipinski definition) is 0. The first kappa shape index (κ1) is 19.4. The Morgan fingerprint density at radius 2 is 1.87 bits per heavy atom. The summed E-state index contributed by atoms with van der Waals surface area (Å²) < 4.78 is 3.44. The molecule has 30 heavy (non-hydrogen) atoms. The third-order valence-electron chi connectivity index (χ3n) is 5.68. The van der Waals surface area contributed by atoms with E-state index < -0.39 is 24.2 Å². The Kier molecular flexibility index (Phi) is 4.43. The van der Waals surface area contributed by atoms with E-state index in [4.69, 9.17) is 4.84 Å². The van der Waals surface area contributed by atoms with Crippen LogP contribution < -0.4 is 0 Å². The summed E-state index contributed by atoms with van der Waals surface area (Å²) in [5, 5.41) is 20.6. The molecule has 0 unspecified atom stereocenters. The van der Waals surface area contributed by atoms with E-state index in [1.807, 2.05) is 32.1 Å². The zero-order valence-electron chi connectivity index (χ0n) is 16.6. The number of hydroxylamine groups is 2. The quantitative estimate of drug-likeness (QED) is 0.552. The molecule has 1 aromatic rings. The Labute approximate surface area is 172 Å². The first-order valence-corrected chi connectivity index (χ1v) is 9.61. The van der Waals surface area contributed by atoms with E-state index in [1.165, 1.54) is 0 Å². The predicted octanol–water partition coefficient (Wildman–Crippen LogP) is 1.29. The molecule has 0 aromatic carbocycles. The van der Waals surface area contributed by atoms with Crippen LogP contribution in [0.3, 0.4) is 0 Å². The zero-order chi connectivity index (χ0) is 21.6. The molecule has 1 saturated heterocycles. The fraction of sp³-hybridized carbons (Fsp3) is 0.300. The van der Waals surface area contributed by atoms with E-state index in [0.717, 1.165) is 17.0 Å². The second-order valence-electron chi connectivity index (χ2n) is 7.57. The summed E-state index contributed by atoms with van der Waals surface area (Å²) in [7, 11) is 0. The maximum Gasteiger partial charge on any atom is 0.570 e. The average molecular weight is 403 g/mol. The van der Waals surface area contributed by atoms with Crippen LogP contribution in [0, 0.1) is 36.3 Å². The maximum atomic E-state index is 12.2. The number of carbonyl (C=O) groups is 3. The molecule has 0 saturated carbocycles. The number of fused-ring (bicyclic) bond motifs is 2. The van der Waals surface area contributed by atoms with Gasteiger partial charge in [-0.25, -0.2) is 15.3 Å². The van der Waals surface area contributed by atoms with Crippen molar-refractivity contribution in [2.24, 2.45) is 0 Å². The molecule has 0 bridgehead atoms. The highest BCUT2D eigenvalue weighted by atomic mass is 16.7. The minimum absolute atomic E-state index is 0.0293. The summed E-state index contributed by atoms with van der Waals surface area (Å²) in [5.74, 6) is 2.62. The molecule has 0 spiro atoms. The van der Waals surface area contributed by atoms with E-state index in [2.05, 4.69) is 11.9 Å². The summed E-state index contributed by atoms with van der Waals surface area (Å²) in [5.41, 5.74) is 3.93. The van der Waals surface area contributed by atoms with Crippen molar-refractivity contribution in [3.8, 4) is 11.9 Å². The number of carbonyl (C=O) groups excluding carboxylic acids is 3. The predicted molar refractivity (Wildman–Crippen MR) is 105 cm³/mol. The number of rotatable bonds is 4. The molecule has 4 heterocycles. The molecule has 150 valence electrons. The highest BCUT2D eigenvalue weighted by Gasteiger charge is 2.50. The van der Waals surface area contributed by atoms with Crippen molar-refractivity contribution in [2.45, 2.75) is 39.5 Å². The number of nitriles is 2. The molecule has 3 aliphatic rings. The van der Waals surface area contributed by atoms with Gasteiger partial charge in [-0.3, -0.25) is 9.59 Å². The monoisotopic (exact) mass is 403 g/mol. The summed E-state index contributed by atoms with van der Waals surface area (Å²) in [6.07, 6.45) is 3.17. The normalized spacial score (nSPS) is 18.7. The van der Waals surface area contributed by atoms with Gasteiger partial charge < -0.3 is 13.8 Å². The number of aryl methyl sites for hydroxylation is 2. The standard InChI is InChI=1S/C20H18BN5O4/c1-13-9-14(2)24-17(13)10-16-4-3-15(25(16)21(24,11-22)12-23)5-8-20(29)30-26-18(27)6-7-19(26)28/h3-4,9-10H,5-8H2,1-2H3. The van der Waals surface area contributed by atoms with Crippen molar-refractivity contribution < 1.29 is 23.7 Å². The third-order valence-corrected chi connectivity index (χ3v) is 5.68. The van der Waals surface area contributed by atoms with Crippen LogP contribution in [0.15, 0.2) is 23.9 Å². The molecule has 9 nitrogen and oxygen atoms in total. The Morgan fingerprint density at radius 1 is 1.20 bits per heavy atom. The zero-order valence-corrected chi connectivity index (χ0v) is 16.6. The number of imide groups is 1. The van der Waals surface area contributed by atoms with Gasteiger partial charge in [-0.1, -0.05) is 0 Å². The van der Waals surface area contributed by atoms with Crippen LogP contribution in [0.25, 0.3) is 6.08 Å². The van der Waals surface area contributed by atoms with Crippen LogP contribution in [0.1, 0.15) is 42.6 Å². The van der Waals surface area contributed by atoms with Crippen LogP contribution >= 0.6 is 0 Å². The van der Waals surface area contributed by atoms with Gasteiger partial charge in [0.1, 0.15) is 5.71 Å². The Bertz CT molecular complexity index is 1160. The molecule has 10 heteroatoms. The topological polar surface area (TPSA) is 119 Å². The van der Waals surface area contributed by atoms with Crippen LogP contribution in [-0.4, -0.2) is 43.9 Å². The highest BCUT2D eigenvalue weighted by Crippen LogP contribution is 2.32. The van der Waals surface area contributed by atoms with Crippen molar-refractivity contribution in [1.29, 1.82) is 10.5 Å². The molecule has 0 N–H and O–H groups in total. The summed E-state index contributed by atoms with van der Waals surface area (Å²) >= 11 is 0. The van der Waals surface area contributed by atoms with Crippen molar-refractivity contribution >= 4 is 36.0 Å². The van der Waals surface area contributed by atoms with Crippen molar-refractivity contribution in [1.82, 2.24) is 9.54 Å². The fourth-order valence-corrected chi connectivity index (χ4v) is 4.35. The smallest absolute Gasteiger partial charge is 0.433 e. The van der Waals surface area contributed by atoms with Crippen molar-refractivity contribution in [3.63, 3.8) is 0 Å². The van der Waals surface area contributed by atoms with Gasteiger partial charge in [0.05, 0.1) is 6.42 Å². The molecule has 2 amide bonds. The summed E-state index contributed by atoms with van der Waals surface area (Å²) in [4.78, 5) is 40.3. The molecule has 4 rings (SSSR count). The van der Waals surface area contributed by atoms with Gasteiger partial charge >= 0.3 is 12.4 Å². The first-order valence-electron chi connectivity index (χ1n) is 9.61. The molecular formula is C20H18BN5O4. The number of nitrogens with zero attached hydrogens (tertiary/aromatic N) is 5. The fourth-order valence-electron chi connectivity index (χ4n) is 4.35. The molecule has 0 aliphatic carbocycles. The first-order chi connectivity index (χ1) is 14.3. The third kappa shape index (κ3) is 2.69. The largest absolute Gasteiger partial charge is 0.570 e. The van der Waals surface area contributed by atoms with Crippen molar-refractivity contribution in [2.75, 3.05) is 0 Å². The van der Waals surface area contributed by atoms with Crippen LogP contribution in [0.2, 0.25) is 0 Å². The van der Waals surface area contributed by atoms with E-state index in [9.17, 15) is 24.9 Å². The van der Waals surface area contributed by atoms with Crippen LogP contribution in [-0.2, 0) is 19.2 Å². The maximum absolute atomic E-state index is 12.2. The minimum atomic E-state index is -2.46. The second kappa shape index (κ2) is 6.85. The second-order valence-corrected chi connectivity index (χ2v) is 7.57. The van der Waals surface area contributed by atoms with Crippen LogP contribution in [0.4, 0.5) is 0 Å². The van der Waals surface area contributed by atoms with Crippen LogP contribution in [0.5, 0.6) is 0 Å². The van der Waals surface area contributed by atoms with E-state index in [0.29, 0.717) is 16.5 Å². The Morgan fingerprint density at radius 3 is 2.50 bits per heavy atom. The number of allylic oxidation sites excluding steroid dienone is 2. The van der Waals surface area contributed by atoms with E-state index in [-0.39, 0.29) is 25.7 Å². The average Bonchev–Trinajstić information content (AvgIpc) is 3.37. The Hall–Kier alpha value is -3.92. The molecule has 0 atom stereocenters. The summed E-state index contributed by atoms with van der Waals surface area (Å²) in [6.45, 7) is 3.78. The van der Waals surface area contributed by atoms with E-state index in [1.54, 1.807) is 15.0 Å². The molecule has 3 aliphatic heterocycles. The molecule has 1 aromatic heterocycles. The Balaban J connectivity index is 1.64. The minimum Gasteiger partial charge on any atom is -0.433 e. The SMILES string of the molecule is Cc1cc(C)n2c1C=C1C=CC(CCC(=O)ON3C(=O)CCC3=O)=[N+]1[B-]2(C#N)C#N. The lowest BCUT2D eigenvalue weighted by Crippen LogP contribution is -2.56. The molecule has 0 radical (unpaired) electrons. The van der Waals surface area contributed by atoms with Gasteiger partial charge in [-0.05, 0) is 43.1 Å². The molecule has 1 fully saturated rings. The van der Waals surface area contributed by atoms with Gasteiger partial charge in [0.15, 0.2) is 5.70 Å². The molecular weight excluding hydrogens is 385 g/mol. The van der Waals surface area contributed by atoms with Gasteiger partial charge in [0.25, 0.3) is 11.8 Å². The van der Waals surface area contributed by atoms with Crippen molar-refractivity contribution in [3.05, 3.63) is 40.9 Å². The lowest BCUT2D eigenvalue weighted by atomic mass is 9.47. The van der Waals surface area contributed by atoms with Gasteiger partial charge in [0, 0.05) is 43.2 Å². The van der Waals surface area contributed by atoms with Gasteiger partial charge in [-0.15, -0.1) is 5.06 Å². The number of aromatic nitrogens is 1. The number of amides is 2. The van der Waals surface area contributed by atoms with Gasteiger partial charge in [0.2, 0.25) is 0 Å². The van der Waals surface area contributed by atoms with E-state index >= 15 is 0 Å². The highest BCUT2D eigenvalue weighted by molar-refractivity contribution is 6.86. The lowest BCUT2D eigenvalue weighted by molar-refractivity contribution is -0.328. The lowest BCUT2D eigenvalue weighted by Gasteiger charge is -2.33. The van der Waals surface area contributed by atoms with Gasteiger partial charge in [-0.2, -0.15) is 0 Å². The summed E-state index contributed by atoms with van der Waals surface area (Å²) in [6, 6.07) is 1.94.